The SMILES string of the molecule is CCCc1cc(CNC(=O)c2ccc3nc(CO)[nH]c3c2)on1. The highest BCUT2D eigenvalue weighted by Gasteiger charge is 2.10. The fraction of sp³-hybridized carbons (Fsp3) is 0.312. The number of H-pyrrole nitrogens is 1. The molecule has 120 valence electrons. The van der Waals surface area contributed by atoms with Crippen LogP contribution in [0.3, 0.4) is 0 Å². The number of aromatic nitrogens is 3. The minimum absolute atomic E-state index is 0.165. The smallest absolute Gasteiger partial charge is 0.251 e. The minimum Gasteiger partial charge on any atom is -0.388 e. The standard InChI is InChI=1S/C16H18N4O3/c1-2-3-11-7-12(23-20-11)8-17-16(22)10-4-5-13-14(6-10)19-15(9-21)18-13/h4-7,21H,2-3,8-9H2,1H3,(H,17,22)(H,18,19). The van der Waals surface area contributed by atoms with Gasteiger partial charge in [-0.05, 0) is 24.6 Å². The number of nitrogens with zero attached hydrogens (tertiary/aromatic N) is 2. The first-order chi connectivity index (χ1) is 11.2. The van der Waals surface area contributed by atoms with Gasteiger partial charge in [0.2, 0.25) is 0 Å². The largest absolute Gasteiger partial charge is 0.388 e. The van der Waals surface area contributed by atoms with Crippen LogP contribution >= 0.6 is 0 Å². The molecule has 7 nitrogen and oxygen atoms in total. The summed E-state index contributed by atoms with van der Waals surface area (Å²) in [5.41, 5.74) is 2.84. The molecule has 0 unspecified atom stereocenters. The maximum Gasteiger partial charge on any atom is 0.251 e. The zero-order valence-corrected chi connectivity index (χ0v) is 12.8. The Balaban J connectivity index is 1.67. The number of benzene rings is 1. The van der Waals surface area contributed by atoms with Gasteiger partial charge in [0, 0.05) is 11.6 Å². The van der Waals surface area contributed by atoms with E-state index in [1.165, 1.54) is 0 Å². The summed E-state index contributed by atoms with van der Waals surface area (Å²) in [7, 11) is 0. The summed E-state index contributed by atoms with van der Waals surface area (Å²) < 4.78 is 5.18. The van der Waals surface area contributed by atoms with Crippen molar-refractivity contribution < 1.29 is 14.4 Å². The molecule has 3 N–H and O–H groups in total. The quantitative estimate of drug-likeness (QED) is 0.645. The molecule has 23 heavy (non-hydrogen) atoms. The Bertz CT molecular complexity index is 822. The van der Waals surface area contributed by atoms with E-state index < -0.39 is 0 Å². The monoisotopic (exact) mass is 314 g/mol. The summed E-state index contributed by atoms with van der Waals surface area (Å²) in [6.07, 6.45) is 1.86. The highest BCUT2D eigenvalue weighted by atomic mass is 16.5. The van der Waals surface area contributed by atoms with Crippen LogP contribution in [0, 0.1) is 0 Å². The lowest BCUT2D eigenvalue weighted by Crippen LogP contribution is -2.22. The van der Waals surface area contributed by atoms with Gasteiger partial charge >= 0.3 is 0 Å². The third-order valence-electron chi connectivity index (χ3n) is 3.48. The van der Waals surface area contributed by atoms with E-state index in [1.807, 2.05) is 6.07 Å². The van der Waals surface area contributed by atoms with Gasteiger partial charge < -0.3 is 19.9 Å². The highest BCUT2D eigenvalue weighted by molar-refractivity contribution is 5.97. The molecule has 0 radical (unpaired) electrons. The van der Waals surface area contributed by atoms with Crippen molar-refractivity contribution in [1.82, 2.24) is 20.4 Å². The number of imidazole rings is 1. The van der Waals surface area contributed by atoms with Crippen LogP contribution in [0.1, 0.15) is 41.0 Å². The van der Waals surface area contributed by atoms with Crippen molar-refractivity contribution in [2.24, 2.45) is 0 Å². The molecule has 0 bridgehead atoms. The molecule has 1 amide bonds. The summed E-state index contributed by atoms with van der Waals surface area (Å²) >= 11 is 0. The molecular weight excluding hydrogens is 296 g/mol. The van der Waals surface area contributed by atoms with Gasteiger partial charge in [0.1, 0.15) is 12.4 Å². The first kappa shape index (κ1) is 15.2. The Labute approximate surface area is 132 Å². The maximum absolute atomic E-state index is 12.2. The third kappa shape index (κ3) is 3.40. The van der Waals surface area contributed by atoms with Crippen LogP contribution in [0.2, 0.25) is 0 Å². The number of aryl methyl sites for hydroxylation is 1. The number of amides is 1. The second-order valence-corrected chi connectivity index (χ2v) is 5.29. The number of nitrogens with one attached hydrogen (secondary N) is 2. The molecule has 0 aliphatic rings. The summed E-state index contributed by atoms with van der Waals surface area (Å²) in [5.74, 6) is 0.898. The van der Waals surface area contributed by atoms with E-state index in [-0.39, 0.29) is 12.5 Å². The van der Waals surface area contributed by atoms with E-state index in [9.17, 15) is 4.79 Å². The molecule has 0 aliphatic carbocycles. The van der Waals surface area contributed by atoms with Crippen molar-refractivity contribution in [1.29, 1.82) is 0 Å². The van der Waals surface area contributed by atoms with Crippen molar-refractivity contribution >= 4 is 16.9 Å². The van der Waals surface area contributed by atoms with Crippen LogP contribution in [-0.4, -0.2) is 26.1 Å². The Morgan fingerprint density at radius 2 is 2.26 bits per heavy atom. The van der Waals surface area contributed by atoms with Crippen molar-refractivity contribution in [3.63, 3.8) is 0 Å². The number of carbonyl (C=O) groups excluding carboxylic acids is 1. The molecule has 0 spiro atoms. The number of aromatic amines is 1. The lowest BCUT2D eigenvalue weighted by Gasteiger charge is -2.02. The number of hydrogen-bond acceptors (Lipinski definition) is 5. The summed E-state index contributed by atoms with van der Waals surface area (Å²) in [5, 5.41) is 15.8. The molecule has 0 saturated heterocycles. The van der Waals surface area contributed by atoms with Gasteiger partial charge in [-0.1, -0.05) is 18.5 Å². The average Bonchev–Trinajstić information content (AvgIpc) is 3.18. The van der Waals surface area contributed by atoms with Crippen molar-refractivity contribution in [3.8, 4) is 0 Å². The molecule has 0 saturated carbocycles. The third-order valence-corrected chi connectivity index (χ3v) is 3.48. The van der Waals surface area contributed by atoms with Gasteiger partial charge in [-0.15, -0.1) is 0 Å². The molecule has 2 heterocycles. The van der Waals surface area contributed by atoms with Crippen LogP contribution in [0.25, 0.3) is 11.0 Å². The fourth-order valence-electron chi connectivity index (χ4n) is 2.36. The first-order valence-electron chi connectivity index (χ1n) is 7.51. The molecule has 2 aromatic heterocycles. The number of fused-ring (bicyclic) bond motifs is 1. The molecule has 1 aromatic carbocycles. The second kappa shape index (κ2) is 6.62. The normalized spacial score (nSPS) is 11.0. The van der Waals surface area contributed by atoms with Crippen molar-refractivity contribution in [3.05, 3.63) is 47.1 Å². The lowest BCUT2D eigenvalue weighted by molar-refractivity contribution is 0.0947. The Morgan fingerprint density at radius 3 is 3.04 bits per heavy atom. The van der Waals surface area contributed by atoms with Gasteiger partial charge in [0.15, 0.2) is 5.76 Å². The van der Waals surface area contributed by atoms with Gasteiger partial charge in [0.25, 0.3) is 5.91 Å². The predicted molar refractivity (Wildman–Crippen MR) is 83.7 cm³/mol. The van der Waals surface area contributed by atoms with Gasteiger partial charge in [-0.2, -0.15) is 0 Å². The minimum atomic E-state index is -0.208. The van der Waals surface area contributed by atoms with Crippen LogP contribution in [0.5, 0.6) is 0 Å². The molecule has 0 atom stereocenters. The van der Waals surface area contributed by atoms with Crippen LogP contribution < -0.4 is 5.32 Å². The van der Waals surface area contributed by atoms with E-state index in [0.717, 1.165) is 18.5 Å². The Morgan fingerprint density at radius 1 is 1.39 bits per heavy atom. The number of aliphatic hydroxyl groups excluding tert-OH is 1. The first-order valence-corrected chi connectivity index (χ1v) is 7.51. The van der Waals surface area contributed by atoms with Gasteiger partial charge in [0.05, 0.1) is 23.3 Å². The number of carbonyl (C=O) groups is 1. The van der Waals surface area contributed by atoms with Crippen molar-refractivity contribution in [2.45, 2.75) is 32.9 Å². The van der Waals surface area contributed by atoms with E-state index in [0.29, 0.717) is 34.7 Å². The number of aliphatic hydroxyl groups is 1. The fourth-order valence-corrected chi connectivity index (χ4v) is 2.36. The molecule has 3 rings (SSSR count). The molecule has 7 heteroatoms. The Hall–Kier alpha value is -2.67. The van der Waals surface area contributed by atoms with E-state index >= 15 is 0 Å². The zero-order valence-electron chi connectivity index (χ0n) is 12.8. The second-order valence-electron chi connectivity index (χ2n) is 5.29. The number of hydrogen-bond donors (Lipinski definition) is 3. The maximum atomic E-state index is 12.2. The summed E-state index contributed by atoms with van der Waals surface area (Å²) in [6.45, 7) is 2.20. The van der Waals surface area contributed by atoms with Crippen LogP contribution in [-0.2, 0) is 19.6 Å². The molecule has 0 fully saturated rings. The molecule has 0 aliphatic heterocycles. The van der Waals surface area contributed by atoms with E-state index in [4.69, 9.17) is 9.63 Å². The van der Waals surface area contributed by atoms with Crippen molar-refractivity contribution in [2.75, 3.05) is 0 Å². The van der Waals surface area contributed by atoms with Gasteiger partial charge in [-0.25, -0.2) is 4.98 Å². The zero-order chi connectivity index (χ0) is 16.2. The Kier molecular flexibility index (Phi) is 4.38. The van der Waals surface area contributed by atoms with Crippen LogP contribution in [0.4, 0.5) is 0 Å². The topological polar surface area (TPSA) is 104 Å². The highest BCUT2D eigenvalue weighted by Crippen LogP contribution is 2.14. The van der Waals surface area contributed by atoms with Gasteiger partial charge in [-0.3, -0.25) is 4.79 Å². The summed E-state index contributed by atoms with van der Waals surface area (Å²) in [6, 6.07) is 7.01. The van der Waals surface area contributed by atoms with Crippen LogP contribution in [0.15, 0.2) is 28.8 Å². The number of rotatable bonds is 6. The van der Waals surface area contributed by atoms with E-state index in [2.05, 4.69) is 27.4 Å². The van der Waals surface area contributed by atoms with E-state index in [1.54, 1.807) is 18.2 Å². The summed E-state index contributed by atoms with van der Waals surface area (Å²) in [4.78, 5) is 19.4. The molecular formula is C16H18N4O3. The molecule has 3 aromatic rings. The predicted octanol–water partition coefficient (Wildman–Crippen LogP) is 1.93. The average molecular weight is 314 g/mol. The lowest BCUT2D eigenvalue weighted by atomic mass is 10.2.